The molecule has 27 heavy (non-hydrogen) atoms. The summed E-state index contributed by atoms with van der Waals surface area (Å²) in [7, 11) is 0. The lowest BCUT2D eigenvalue weighted by Gasteiger charge is -2.09. The van der Waals surface area contributed by atoms with Crippen LogP contribution in [0.3, 0.4) is 0 Å². The van der Waals surface area contributed by atoms with Crippen LogP contribution in [0.1, 0.15) is 32.1 Å². The summed E-state index contributed by atoms with van der Waals surface area (Å²) in [5, 5.41) is 15.1. The van der Waals surface area contributed by atoms with Gasteiger partial charge in [0.2, 0.25) is 0 Å². The van der Waals surface area contributed by atoms with E-state index >= 15 is 0 Å². The van der Waals surface area contributed by atoms with E-state index in [2.05, 4.69) is 20.6 Å². The predicted molar refractivity (Wildman–Crippen MR) is 102 cm³/mol. The highest BCUT2D eigenvalue weighted by molar-refractivity contribution is 5.98. The van der Waals surface area contributed by atoms with E-state index in [9.17, 15) is 14.7 Å². The smallest absolute Gasteiger partial charge is 0.255 e. The van der Waals surface area contributed by atoms with Crippen LogP contribution in [0.4, 0.5) is 0 Å². The number of aryl methyl sites for hydroxylation is 2. The molecule has 0 bridgehead atoms. The average molecular weight is 364 g/mol. The number of aromatic hydroxyl groups is 1. The first-order chi connectivity index (χ1) is 13.0. The second kappa shape index (κ2) is 7.82. The van der Waals surface area contributed by atoms with Crippen molar-refractivity contribution < 1.29 is 14.7 Å². The molecule has 0 fully saturated rings. The number of nitrogens with one attached hydrogen (secondary N) is 2. The summed E-state index contributed by atoms with van der Waals surface area (Å²) in [5.41, 5.74) is 3.77. The molecule has 0 radical (unpaired) electrons. The molecule has 7 nitrogen and oxygen atoms in total. The van der Waals surface area contributed by atoms with E-state index < -0.39 is 5.91 Å². The fraction of sp³-hybridized carbons (Fsp3) is 0.200. The van der Waals surface area contributed by atoms with Crippen molar-refractivity contribution >= 4 is 22.8 Å². The number of carbonyl (C=O) groups is 2. The lowest BCUT2D eigenvalue weighted by molar-refractivity contribution is 0.0926. The van der Waals surface area contributed by atoms with Gasteiger partial charge in [0.25, 0.3) is 11.8 Å². The average Bonchev–Trinajstić information content (AvgIpc) is 2.65. The Bertz CT molecular complexity index is 1020. The molecule has 3 rings (SSSR count). The van der Waals surface area contributed by atoms with Crippen molar-refractivity contribution in [3.8, 4) is 5.75 Å². The zero-order valence-electron chi connectivity index (χ0n) is 15.1. The van der Waals surface area contributed by atoms with E-state index in [1.54, 1.807) is 30.3 Å². The van der Waals surface area contributed by atoms with Crippen LogP contribution in [0.25, 0.3) is 11.0 Å². The zero-order chi connectivity index (χ0) is 19.4. The number of benzene rings is 2. The first-order valence-corrected chi connectivity index (χ1v) is 8.55. The van der Waals surface area contributed by atoms with Gasteiger partial charge < -0.3 is 15.7 Å². The van der Waals surface area contributed by atoms with Gasteiger partial charge in [0.1, 0.15) is 5.75 Å². The Balaban J connectivity index is 1.56. The number of nitrogens with zero attached hydrogens (tertiary/aromatic N) is 2. The number of amides is 2. The highest BCUT2D eigenvalue weighted by Gasteiger charge is 2.11. The van der Waals surface area contributed by atoms with Crippen LogP contribution in [0.15, 0.2) is 42.5 Å². The number of carbonyl (C=O) groups excluding carboxylic acids is 2. The Hall–Kier alpha value is -3.48. The zero-order valence-corrected chi connectivity index (χ0v) is 15.1. The van der Waals surface area contributed by atoms with Crippen molar-refractivity contribution in [3.63, 3.8) is 0 Å². The van der Waals surface area contributed by atoms with Crippen LogP contribution in [-0.4, -0.2) is 40.0 Å². The summed E-state index contributed by atoms with van der Waals surface area (Å²) in [4.78, 5) is 33.2. The van der Waals surface area contributed by atoms with Gasteiger partial charge in [-0.3, -0.25) is 9.59 Å². The molecule has 2 amide bonds. The third-order valence-corrected chi connectivity index (χ3v) is 4.18. The van der Waals surface area contributed by atoms with Gasteiger partial charge in [0, 0.05) is 18.7 Å². The summed E-state index contributed by atoms with van der Waals surface area (Å²) >= 11 is 0. The largest absolute Gasteiger partial charge is 0.507 e. The summed E-state index contributed by atoms with van der Waals surface area (Å²) in [6.07, 6.45) is 0. The molecule has 7 heteroatoms. The summed E-state index contributed by atoms with van der Waals surface area (Å²) in [6.45, 7) is 4.27. The molecule has 0 saturated carbocycles. The number of phenolic OH excluding ortho intramolecular Hbond substituents is 1. The Morgan fingerprint density at radius 1 is 0.889 bits per heavy atom. The maximum Gasteiger partial charge on any atom is 0.255 e. The number of para-hydroxylation sites is 1. The molecule has 2 aromatic carbocycles. The minimum Gasteiger partial charge on any atom is -0.507 e. The molecule has 0 aliphatic carbocycles. The normalized spacial score (nSPS) is 10.6. The fourth-order valence-corrected chi connectivity index (χ4v) is 2.59. The Kier molecular flexibility index (Phi) is 5.30. The maximum atomic E-state index is 12.3. The van der Waals surface area contributed by atoms with Gasteiger partial charge >= 0.3 is 0 Å². The standard InChI is InChI=1S/C20H20N4O3/c1-12-13(2)24-17-11-14(7-8-16(17)23-12)19(26)21-9-10-22-20(27)15-5-3-4-6-18(15)25/h3-8,11,25H,9-10H2,1-2H3,(H,21,26)(H,22,27). The minimum absolute atomic E-state index is 0.0816. The maximum absolute atomic E-state index is 12.3. The molecule has 1 aromatic heterocycles. The van der Waals surface area contributed by atoms with Gasteiger partial charge in [-0.2, -0.15) is 0 Å². The first-order valence-electron chi connectivity index (χ1n) is 8.55. The van der Waals surface area contributed by atoms with Gasteiger partial charge in [0.15, 0.2) is 0 Å². The summed E-state index contributed by atoms with van der Waals surface area (Å²) < 4.78 is 0. The van der Waals surface area contributed by atoms with Crippen molar-refractivity contribution in [1.82, 2.24) is 20.6 Å². The molecule has 3 N–H and O–H groups in total. The molecule has 138 valence electrons. The van der Waals surface area contributed by atoms with Crippen molar-refractivity contribution in [2.24, 2.45) is 0 Å². The lowest BCUT2D eigenvalue weighted by atomic mass is 10.1. The van der Waals surface area contributed by atoms with Crippen LogP contribution in [0.2, 0.25) is 0 Å². The number of phenols is 1. The lowest BCUT2D eigenvalue weighted by Crippen LogP contribution is -2.34. The fourth-order valence-electron chi connectivity index (χ4n) is 2.59. The van der Waals surface area contributed by atoms with Crippen molar-refractivity contribution in [3.05, 3.63) is 65.0 Å². The molecule has 0 saturated heterocycles. The van der Waals surface area contributed by atoms with Crippen LogP contribution < -0.4 is 10.6 Å². The Morgan fingerprint density at radius 3 is 2.22 bits per heavy atom. The highest BCUT2D eigenvalue weighted by Crippen LogP contribution is 2.15. The number of rotatable bonds is 5. The second-order valence-corrected chi connectivity index (χ2v) is 6.13. The van der Waals surface area contributed by atoms with E-state index in [4.69, 9.17) is 0 Å². The molecule has 0 spiro atoms. The molecule has 3 aromatic rings. The number of hydrogen-bond donors (Lipinski definition) is 3. The summed E-state index contributed by atoms with van der Waals surface area (Å²) in [5.74, 6) is -0.732. The third-order valence-electron chi connectivity index (χ3n) is 4.18. The minimum atomic E-state index is -0.394. The second-order valence-electron chi connectivity index (χ2n) is 6.13. The van der Waals surface area contributed by atoms with Gasteiger partial charge in [-0.1, -0.05) is 12.1 Å². The molecular formula is C20H20N4O3. The highest BCUT2D eigenvalue weighted by atomic mass is 16.3. The van der Waals surface area contributed by atoms with Gasteiger partial charge in [-0.15, -0.1) is 0 Å². The van der Waals surface area contributed by atoms with Crippen LogP contribution in [0.5, 0.6) is 5.75 Å². The molecular weight excluding hydrogens is 344 g/mol. The van der Waals surface area contributed by atoms with Crippen LogP contribution >= 0.6 is 0 Å². The quantitative estimate of drug-likeness (QED) is 0.602. The first kappa shape index (κ1) is 18.3. The summed E-state index contributed by atoms with van der Waals surface area (Å²) in [6, 6.07) is 11.5. The Morgan fingerprint density at radius 2 is 1.52 bits per heavy atom. The molecule has 0 atom stereocenters. The van der Waals surface area contributed by atoms with E-state index in [1.807, 2.05) is 13.8 Å². The third kappa shape index (κ3) is 4.20. The van der Waals surface area contributed by atoms with E-state index in [0.717, 1.165) is 16.9 Å². The monoisotopic (exact) mass is 364 g/mol. The molecule has 1 heterocycles. The SMILES string of the molecule is Cc1nc2ccc(C(=O)NCCNC(=O)c3ccccc3O)cc2nc1C. The topological polar surface area (TPSA) is 104 Å². The van der Waals surface area contributed by atoms with Crippen molar-refractivity contribution in [2.75, 3.05) is 13.1 Å². The molecule has 0 aliphatic heterocycles. The van der Waals surface area contributed by atoms with Crippen LogP contribution in [-0.2, 0) is 0 Å². The van der Waals surface area contributed by atoms with E-state index in [1.165, 1.54) is 12.1 Å². The van der Waals surface area contributed by atoms with E-state index in [-0.39, 0.29) is 30.3 Å². The predicted octanol–water partition coefficient (Wildman–Crippen LogP) is 2.11. The van der Waals surface area contributed by atoms with Gasteiger partial charge in [-0.25, -0.2) is 9.97 Å². The molecule has 0 unspecified atom stereocenters. The number of fused-ring (bicyclic) bond motifs is 1. The van der Waals surface area contributed by atoms with Gasteiger partial charge in [-0.05, 0) is 44.2 Å². The van der Waals surface area contributed by atoms with E-state index in [0.29, 0.717) is 11.1 Å². The molecule has 0 aliphatic rings. The van der Waals surface area contributed by atoms with Crippen LogP contribution in [0, 0.1) is 13.8 Å². The van der Waals surface area contributed by atoms with Crippen molar-refractivity contribution in [2.45, 2.75) is 13.8 Å². The number of aromatic nitrogens is 2. The Labute approximate surface area is 156 Å². The van der Waals surface area contributed by atoms with Crippen molar-refractivity contribution in [1.29, 1.82) is 0 Å². The van der Waals surface area contributed by atoms with Gasteiger partial charge in [0.05, 0.1) is 28.0 Å². The number of hydrogen-bond acceptors (Lipinski definition) is 5.